The van der Waals surface area contributed by atoms with Crippen molar-refractivity contribution in [1.29, 1.82) is 0 Å². The van der Waals surface area contributed by atoms with Gasteiger partial charge in [-0.25, -0.2) is 4.98 Å². The second-order valence-corrected chi connectivity index (χ2v) is 4.36. The molecule has 0 bridgehead atoms. The summed E-state index contributed by atoms with van der Waals surface area (Å²) in [5.41, 5.74) is 5.63. The molecule has 1 amide bonds. The second-order valence-electron chi connectivity index (χ2n) is 4.36. The van der Waals surface area contributed by atoms with Crippen molar-refractivity contribution in [3.8, 4) is 0 Å². The summed E-state index contributed by atoms with van der Waals surface area (Å²) in [5.74, 6) is -1.29. The molecule has 18 heavy (non-hydrogen) atoms. The molecule has 1 aliphatic heterocycles. The number of hydrogen-bond donors (Lipinski definition) is 2. The van der Waals surface area contributed by atoms with Gasteiger partial charge in [-0.05, 0) is 25.0 Å². The number of amides is 1. The molecule has 0 saturated carbocycles. The van der Waals surface area contributed by atoms with Crippen LogP contribution in [0.25, 0.3) is 0 Å². The molecule has 0 radical (unpaired) electrons. The zero-order valence-corrected chi connectivity index (χ0v) is 9.87. The first-order valence-electron chi connectivity index (χ1n) is 5.82. The fraction of sp³-hybridized carbons (Fsp3) is 0.417. The Balaban J connectivity index is 2.26. The van der Waals surface area contributed by atoms with Crippen LogP contribution in [-0.4, -0.2) is 35.1 Å². The van der Waals surface area contributed by atoms with Crippen molar-refractivity contribution in [2.24, 2.45) is 11.7 Å². The Bertz CT molecular complexity index is 475. The fourth-order valence-electron chi connectivity index (χ4n) is 2.21. The van der Waals surface area contributed by atoms with Gasteiger partial charge in [-0.1, -0.05) is 0 Å². The van der Waals surface area contributed by atoms with Crippen LogP contribution < -0.4 is 10.6 Å². The number of primary amides is 1. The van der Waals surface area contributed by atoms with Gasteiger partial charge in [-0.15, -0.1) is 0 Å². The van der Waals surface area contributed by atoms with Crippen molar-refractivity contribution in [3.63, 3.8) is 0 Å². The second kappa shape index (κ2) is 5.03. The monoisotopic (exact) mass is 249 g/mol. The van der Waals surface area contributed by atoms with Gasteiger partial charge in [0.25, 0.3) is 5.91 Å². The Kier molecular flexibility index (Phi) is 3.45. The van der Waals surface area contributed by atoms with E-state index in [-0.39, 0.29) is 0 Å². The highest BCUT2D eigenvalue weighted by Crippen LogP contribution is 2.24. The van der Waals surface area contributed by atoms with Crippen molar-refractivity contribution >= 4 is 17.7 Å². The maximum atomic E-state index is 11.3. The molecule has 1 fully saturated rings. The lowest BCUT2D eigenvalue weighted by molar-refractivity contribution is -0.141. The Labute approximate surface area is 104 Å². The molecule has 1 aromatic rings. The summed E-state index contributed by atoms with van der Waals surface area (Å²) < 4.78 is 0. The third kappa shape index (κ3) is 2.42. The van der Waals surface area contributed by atoms with E-state index in [2.05, 4.69) is 4.98 Å². The van der Waals surface area contributed by atoms with E-state index in [9.17, 15) is 9.59 Å². The van der Waals surface area contributed by atoms with Crippen LogP contribution in [0.3, 0.4) is 0 Å². The third-order valence-electron chi connectivity index (χ3n) is 3.12. The molecule has 2 rings (SSSR count). The zero-order chi connectivity index (χ0) is 13.1. The number of carboxylic acid groups (broad SMARTS) is 1. The predicted octanol–water partition coefficient (Wildman–Crippen LogP) is 0.481. The maximum absolute atomic E-state index is 11.3. The highest BCUT2D eigenvalue weighted by Gasteiger charge is 2.27. The number of rotatable bonds is 3. The van der Waals surface area contributed by atoms with Crippen molar-refractivity contribution in [2.75, 3.05) is 18.0 Å². The van der Waals surface area contributed by atoms with Gasteiger partial charge in [0.1, 0.15) is 5.82 Å². The van der Waals surface area contributed by atoms with E-state index in [1.807, 2.05) is 4.90 Å². The molecule has 0 spiro atoms. The Morgan fingerprint density at radius 3 is 2.94 bits per heavy atom. The molecule has 1 atom stereocenters. The molecule has 1 unspecified atom stereocenters. The first-order valence-corrected chi connectivity index (χ1v) is 5.82. The number of nitrogens with two attached hydrogens (primary N) is 1. The number of hydrogen-bond acceptors (Lipinski definition) is 4. The van der Waals surface area contributed by atoms with E-state index >= 15 is 0 Å². The molecule has 3 N–H and O–H groups in total. The summed E-state index contributed by atoms with van der Waals surface area (Å²) in [6, 6.07) is 3.25. The zero-order valence-electron chi connectivity index (χ0n) is 9.87. The lowest BCUT2D eigenvalue weighted by Crippen LogP contribution is -2.40. The van der Waals surface area contributed by atoms with Gasteiger partial charge in [0.2, 0.25) is 0 Å². The van der Waals surface area contributed by atoms with Gasteiger partial charge >= 0.3 is 5.97 Å². The summed E-state index contributed by atoms with van der Waals surface area (Å²) in [4.78, 5) is 28.3. The van der Waals surface area contributed by atoms with E-state index in [4.69, 9.17) is 10.8 Å². The van der Waals surface area contributed by atoms with Crippen molar-refractivity contribution in [1.82, 2.24) is 4.98 Å². The van der Waals surface area contributed by atoms with Crippen molar-refractivity contribution < 1.29 is 14.7 Å². The lowest BCUT2D eigenvalue weighted by Gasteiger charge is -2.32. The van der Waals surface area contributed by atoms with E-state index in [0.29, 0.717) is 30.9 Å². The summed E-state index contributed by atoms with van der Waals surface area (Å²) in [5, 5.41) is 9.04. The molecule has 96 valence electrons. The quantitative estimate of drug-likeness (QED) is 0.812. The summed E-state index contributed by atoms with van der Waals surface area (Å²) in [6.45, 7) is 1.06. The number of carbonyl (C=O) groups excluding carboxylic acids is 1. The topological polar surface area (TPSA) is 96.5 Å². The van der Waals surface area contributed by atoms with Crippen molar-refractivity contribution in [2.45, 2.75) is 12.8 Å². The minimum atomic E-state index is -0.809. The van der Waals surface area contributed by atoms with Gasteiger partial charge < -0.3 is 15.7 Å². The lowest BCUT2D eigenvalue weighted by atomic mass is 9.98. The van der Waals surface area contributed by atoms with Crippen LogP contribution in [0.15, 0.2) is 18.3 Å². The van der Waals surface area contributed by atoms with Crippen LogP contribution in [0.4, 0.5) is 5.82 Å². The molecular formula is C12H15N3O3. The smallest absolute Gasteiger partial charge is 0.308 e. The molecule has 6 heteroatoms. The van der Waals surface area contributed by atoms with Crippen molar-refractivity contribution in [3.05, 3.63) is 23.9 Å². The average Bonchev–Trinajstić information content (AvgIpc) is 2.39. The molecular weight excluding hydrogens is 234 g/mol. The average molecular weight is 249 g/mol. The largest absolute Gasteiger partial charge is 0.481 e. The summed E-state index contributed by atoms with van der Waals surface area (Å²) >= 11 is 0. The molecule has 2 heterocycles. The van der Waals surface area contributed by atoms with E-state index in [1.165, 1.54) is 0 Å². The first kappa shape index (κ1) is 12.3. The first-order chi connectivity index (χ1) is 8.59. The minimum Gasteiger partial charge on any atom is -0.481 e. The number of anilines is 1. The number of carbonyl (C=O) groups is 2. The van der Waals surface area contributed by atoms with Crippen LogP contribution >= 0.6 is 0 Å². The number of aromatic nitrogens is 1. The van der Waals surface area contributed by atoms with Crippen LogP contribution in [-0.2, 0) is 4.79 Å². The van der Waals surface area contributed by atoms with E-state index in [1.54, 1.807) is 18.3 Å². The maximum Gasteiger partial charge on any atom is 0.308 e. The van der Waals surface area contributed by atoms with Gasteiger partial charge in [0.05, 0.1) is 11.5 Å². The number of carboxylic acids is 1. The van der Waals surface area contributed by atoms with E-state index in [0.717, 1.165) is 6.42 Å². The number of nitrogens with zero attached hydrogens (tertiary/aromatic N) is 2. The Hall–Kier alpha value is -2.11. The molecule has 0 aromatic carbocycles. The number of piperidine rings is 1. The van der Waals surface area contributed by atoms with Crippen LogP contribution in [0.2, 0.25) is 0 Å². The third-order valence-corrected chi connectivity index (χ3v) is 3.12. The Morgan fingerprint density at radius 2 is 2.28 bits per heavy atom. The normalized spacial score (nSPS) is 19.6. The summed E-state index contributed by atoms with van der Waals surface area (Å²) in [7, 11) is 0. The SMILES string of the molecule is NC(=O)c1cccnc1N1CCCC(C(=O)O)C1. The predicted molar refractivity (Wildman–Crippen MR) is 65.3 cm³/mol. The minimum absolute atomic E-state index is 0.337. The molecule has 6 nitrogen and oxygen atoms in total. The standard InChI is InChI=1S/C12H15N3O3/c13-10(16)9-4-1-5-14-11(9)15-6-2-3-8(7-15)12(17)18/h1,4-5,8H,2-3,6-7H2,(H2,13,16)(H,17,18). The molecule has 1 aliphatic rings. The molecule has 1 aromatic heterocycles. The molecule has 0 aliphatic carbocycles. The fourth-order valence-corrected chi connectivity index (χ4v) is 2.21. The highest BCUT2D eigenvalue weighted by atomic mass is 16.4. The van der Waals surface area contributed by atoms with Gasteiger partial charge in [0.15, 0.2) is 0 Å². The van der Waals surface area contributed by atoms with Gasteiger partial charge in [-0.2, -0.15) is 0 Å². The number of aliphatic carboxylic acids is 1. The van der Waals surface area contributed by atoms with Gasteiger partial charge in [0, 0.05) is 19.3 Å². The number of pyridine rings is 1. The molecule has 1 saturated heterocycles. The van der Waals surface area contributed by atoms with Gasteiger partial charge in [-0.3, -0.25) is 9.59 Å². The van der Waals surface area contributed by atoms with Crippen LogP contribution in [0, 0.1) is 5.92 Å². The van der Waals surface area contributed by atoms with E-state index < -0.39 is 17.8 Å². The summed E-state index contributed by atoms with van der Waals surface area (Å²) in [6.07, 6.45) is 3.00. The Morgan fingerprint density at radius 1 is 1.50 bits per heavy atom. The highest BCUT2D eigenvalue weighted by molar-refractivity contribution is 5.97. The van der Waals surface area contributed by atoms with Crippen LogP contribution in [0.5, 0.6) is 0 Å². The van der Waals surface area contributed by atoms with Crippen LogP contribution in [0.1, 0.15) is 23.2 Å².